The van der Waals surface area contributed by atoms with Crippen LogP contribution in [-0.4, -0.2) is 12.6 Å². The summed E-state index contributed by atoms with van der Waals surface area (Å²) < 4.78 is 13.1. The van der Waals surface area contributed by atoms with Gasteiger partial charge in [-0.2, -0.15) is 0 Å². The minimum atomic E-state index is -0.125. The van der Waals surface area contributed by atoms with Crippen LogP contribution in [0, 0.1) is 18.7 Å². The highest BCUT2D eigenvalue weighted by molar-refractivity contribution is 5.31. The second-order valence-corrected chi connectivity index (χ2v) is 5.21. The van der Waals surface area contributed by atoms with E-state index in [0.29, 0.717) is 17.9 Å². The van der Waals surface area contributed by atoms with Gasteiger partial charge in [0, 0.05) is 6.04 Å². The zero-order valence-electron chi connectivity index (χ0n) is 11.0. The van der Waals surface area contributed by atoms with Gasteiger partial charge in [-0.1, -0.05) is 19.9 Å². The summed E-state index contributed by atoms with van der Waals surface area (Å²) in [4.78, 5) is 0. The smallest absolute Gasteiger partial charge is 0.123 e. The number of rotatable bonds is 3. The Morgan fingerprint density at radius 1 is 1.35 bits per heavy atom. The van der Waals surface area contributed by atoms with E-state index in [4.69, 9.17) is 0 Å². The summed E-state index contributed by atoms with van der Waals surface area (Å²) in [5.74, 6) is 1.10. The van der Waals surface area contributed by atoms with Crippen LogP contribution in [0.2, 0.25) is 0 Å². The Labute approximate surface area is 103 Å². The topological polar surface area (TPSA) is 12.0 Å². The molecule has 3 unspecified atom stereocenters. The molecule has 0 amide bonds. The third-order valence-corrected chi connectivity index (χ3v) is 4.16. The lowest BCUT2D eigenvalue weighted by atomic mass is 9.86. The average Bonchev–Trinajstić information content (AvgIpc) is 2.62. The molecule has 17 heavy (non-hydrogen) atoms. The molecule has 0 aliphatic heterocycles. The second-order valence-electron chi connectivity index (χ2n) is 5.21. The summed E-state index contributed by atoms with van der Waals surface area (Å²) in [6.45, 7) is 7.52. The molecule has 1 aromatic carbocycles. The van der Waals surface area contributed by atoms with Gasteiger partial charge in [0.15, 0.2) is 0 Å². The van der Waals surface area contributed by atoms with Crippen molar-refractivity contribution in [1.29, 1.82) is 0 Å². The fourth-order valence-corrected chi connectivity index (χ4v) is 3.21. The molecule has 3 atom stereocenters. The molecular weight excluding hydrogens is 213 g/mol. The van der Waals surface area contributed by atoms with E-state index in [0.717, 1.165) is 12.1 Å². The summed E-state index contributed by atoms with van der Waals surface area (Å²) in [5.41, 5.74) is 2.43. The van der Waals surface area contributed by atoms with Gasteiger partial charge in [0.25, 0.3) is 0 Å². The fourth-order valence-electron chi connectivity index (χ4n) is 3.21. The molecule has 1 aliphatic rings. The fraction of sp³-hybridized carbons (Fsp3) is 0.600. The van der Waals surface area contributed by atoms with Gasteiger partial charge in [-0.25, -0.2) is 4.39 Å². The third-order valence-electron chi connectivity index (χ3n) is 4.16. The van der Waals surface area contributed by atoms with E-state index in [1.165, 1.54) is 18.4 Å². The van der Waals surface area contributed by atoms with Crippen LogP contribution in [-0.2, 0) is 0 Å². The Balaban J connectivity index is 2.18. The molecule has 0 aromatic heterocycles. The lowest BCUT2D eigenvalue weighted by Crippen LogP contribution is -2.32. The van der Waals surface area contributed by atoms with E-state index in [-0.39, 0.29) is 5.82 Å². The van der Waals surface area contributed by atoms with Gasteiger partial charge in [0.05, 0.1) is 0 Å². The predicted octanol–water partition coefficient (Wildman–Crippen LogP) is 3.63. The molecule has 1 aliphatic carbocycles. The molecule has 0 spiro atoms. The van der Waals surface area contributed by atoms with Gasteiger partial charge in [0.1, 0.15) is 5.82 Å². The Bertz CT molecular complexity index is 389. The van der Waals surface area contributed by atoms with Crippen LogP contribution in [0.4, 0.5) is 4.39 Å². The number of halogens is 1. The monoisotopic (exact) mass is 235 g/mol. The maximum absolute atomic E-state index is 13.1. The van der Waals surface area contributed by atoms with Crippen LogP contribution in [0.25, 0.3) is 0 Å². The molecule has 0 radical (unpaired) electrons. The van der Waals surface area contributed by atoms with Crippen LogP contribution in [0.15, 0.2) is 18.2 Å². The average molecular weight is 235 g/mol. The number of aryl methyl sites for hydroxylation is 1. The first-order valence-corrected chi connectivity index (χ1v) is 6.63. The van der Waals surface area contributed by atoms with Crippen molar-refractivity contribution in [2.24, 2.45) is 5.92 Å². The van der Waals surface area contributed by atoms with Crippen molar-refractivity contribution in [2.75, 3.05) is 6.54 Å². The van der Waals surface area contributed by atoms with Crippen molar-refractivity contribution >= 4 is 0 Å². The predicted molar refractivity (Wildman–Crippen MR) is 69.7 cm³/mol. The maximum atomic E-state index is 13.1. The molecule has 0 bridgehead atoms. The van der Waals surface area contributed by atoms with Crippen molar-refractivity contribution in [1.82, 2.24) is 5.32 Å². The standard InChI is InChI=1S/C15H22FN/c1-4-17-15-8-7-14(11(15)3)13-6-5-12(16)9-10(13)2/h5-6,9,11,14-15,17H,4,7-8H2,1-3H3. The number of hydrogen-bond donors (Lipinski definition) is 1. The first kappa shape index (κ1) is 12.6. The molecule has 1 N–H and O–H groups in total. The third kappa shape index (κ3) is 2.52. The summed E-state index contributed by atoms with van der Waals surface area (Å²) >= 11 is 0. The first-order chi connectivity index (χ1) is 8.13. The molecule has 0 saturated heterocycles. The summed E-state index contributed by atoms with van der Waals surface area (Å²) in [6.07, 6.45) is 2.45. The van der Waals surface area contributed by atoms with Crippen molar-refractivity contribution in [3.8, 4) is 0 Å². The van der Waals surface area contributed by atoms with Crippen molar-refractivity contribution < 1.29 is 4.39 Å². The van der Waals surface area contributed by atoms with Crippen LogP contribution < -0.4 is 5.32 Å². The molecule has 1 aromatic rings. The van der Waals surface area contributed by atoms with E-state index in [9.17, 15) is 4.39 Å². The molecule has 1 fully saturated rings. The SMILES string of the molecule is CCNC1CCC(c2ccc(F)cc2C)C1C. The van der Waals surface area contributed by atoms with Gasteiger partial charge in [0.2, 0.25) is 0 Å². The summed E-state index contributed by atoms with van der Waals surface area (Å²) in [7, 11) is 0. The molecule has 2 rings (SSSR count). The molecule has 2 heteroatoms. The second kappa shape index (κ2) is 5.18. The van der Waals surface area contributed by atoms with Crippen molar-refractivity contribution in [3.05, 3.63) is 35.1 Å². The van der Waals surface area contributed by atoms with E-state index in [1.54, 1.807) is 12.1 Å². The highest BCUT2D eigenvalue weighted by atomic mass is 19.1. The van der Waals surface area contributed by atoms with Gasteiger partial charge in [-0.15, -0.1) is 0 Å². The largest absolute Gasteiger partial charge is 0.314 e. The Hall–Kier alpha value is -0.890. The molecule has 94 valence electrons. The summed E-state index contributed by atoms with van der Waals surface area (Å²) in [6, 6.07) is 5.84. The number of hydrogen-bond acceptors (Lipinski definition) is 1. The minimum Gasteiger partial charge on any atom is -0.314 e. The van der Waals surface area contributed by atoms with Crippen molar-refractivity contribution in [2.45, 2.75) is 45.6 Å². The molecule has 0 heterocycles. The highest BCUT2D eigenvalue weighted by Crippen LogP contribution is 2.40. The van der Waals surface area contributed by atoms with Gasteiger partial charge in [-0.05, 0) is 61.4 Å². The van der Waals surface area contributed by atoms with Crippen LogP contribution in [0.1, 0.15) is 43.7 Å². The highest BCUT2D eigenvalue weighted by Gasteiger charge is 2.33. The van der Waals surface area contributed by atoms with E-state index in [1.807, 2.05) is 13.0 Å². The Morgan fingerprint density at radius 2 is 2.12 bits per heavy atom. The van der Waals surface area contributed by atoms with Crippen LogP contribution >= 0.6 is 0 Å². The van der Waals surface area contributed by atoms with Gasteiger partial charge in [-0.3, -0.25) is 0 Å². The normalized spacial score (nSPS) is 28.6. The van der Waals surface area contributed by atoms with Gasteiger partial charge >= 0.3 is 0 Å². The van der Waals surface area contributed by atoms with Crippen molar-refractivity contribution in [3.63, 3.8) is 0 Å². The maximum Gasteiger partial charge on any atom is 0.123 e. The van der Waals surface area contributed by atoms with Gasteiger partial charge < -0.3 is 5.32 Å². The first-order valence-electron chi connectivity index (χ1n) is 6.63. The van der Waals surface area contributed by atoms with E-state index in [2.05, 4.69) is 19.2 Å². The molecule has 1 saturated carbocycles. The minimum absolute atomic E-state index is 0.125. The Kier molecular flexibility index (Phi) is 3.82. The lowest BCUT2D eigenvalue weighted by Gasteiger charge is -2.23. The van der Waals surface area contributed by atoms with Crippen LogP contribution in [0.5, 0.6) is 0 Å². The van der Waals surface area contributed by atoms with Crippen LogP contribution in [0.3, 0.4) is 0 Å². The zero-order valence-corrected chi connectivity index (χ0v) is 11.0. The zero-order chi connectivity index (χ0) is 12.4. The number of benzene rings is 1. The Morgan fingerprint density at radius 3 is 2.76 bits per heavy atom. The molecular formula is C15H22FN. The quantitative estimate of drug-likeness (QED) is 0.843. The molecule has 1 nitrogen and oxygen atoms in total. The van der Waals surface area contributed by atoms with E-state index < -0.39 is 0 Å². The lowest BCUT2D eigenvalue weighted by molar-refractivity contribution is 0.411. The van der Waals surface area contributed by atoms with E-state index >= 15 is 0 Å². The number of nitrogens with one attached hydrogen (secondary N) is 1. The summed E-state index contributed by atoms with van der Waals surface area (Å²) in [5, 5.41) is 3.55.